The lowest BCUT2D eigenvalue weighted by Crippen LogP contribution is -2.00. The normalized spacial score (nSPS) is 11.5. The molecule has 0 bridgehead atoms. The van der Waals surface area contributed by atoms with Crippen molar-refractivity contribution >= 4 is 53.2 Å². The molecule has 238 valence electrons. The van der Waals surface area contributed by atoms with Crippen molar-refractivity contribution in [2.45, 2.75) is 0 Å². The maximum absolute atomic E-state index is 4.96. The minimum absolute atomic E-state index is 0.645. The zero-order valence-electron chi connectivity index (χ0n) is 27.4. The van der Waals surface area contributed by atoms with Crippen LogP contribution in [-0.4, -0.2) is 19.9 Å². The molecular weight excluding hydrogens is 641 g/mol. The van der Waals surface area contributed by atoms with Crippen molar-refractivity contribution in [1.82, 2.24) is 19.9 Å². The molecule has 0 saturated heterocycles. The summed E-state index contributed by atoms with van der Waals surface area (Å²) in [5.41, 5.74) is 8.57. The molecule has 5 heteroatoms. The zero-order chi connectivity index (χ0) is 33.7. The lowest BCUT2D eigenvalue weighted by Gasteiger charge is -2.12. The van der Waals surface area contributed by atoms with Crippen molar-refractivity contribution in [2.24, 2.45) is 0 Å². The van der Waals surface area contributed by atoms with E-state index in [1.165, 1.54) is 42.2 Å². The second-order valence-electron chi connectivity index (χ2n) is 12.7. The number of aromatic nitrogens is 4. The highest BCUT2D eigenvalue weighted by atomic mass is 32.1. The van der Waals surface area contributed by atoms with Gasteiger partial charge >= 0.3 is 0 Å². The summed E-state index contributed by atoms with van der Waals surface area (Å²) in [6, 6.07) is 57.5. The average Bonchev–Trinajstić information content (AvgIpc) is 3.59. The molecule has 0 aliphatic rings. The molecule has 4 nitrogen and oxygen atoms in total. The van der Waals surface area contributed by atoms with E-state index in [1.54, 1.807) is 0 Å². The fourth-order valence-electron chi connectivity index (χ4n) is 6.99. The predicted molar refractivity (Wildman–Crippen MR) is 213 cm³/mol. The van der Waals surface area contributed by atoms with E-state index in [4.69, 9.17) is 19.9 Å². The summed E-state index contributed by atoms with van der Waals surface area (Å²) in [4.78, 5) is 19.5. The Kier molecular flexibility index (Phi) is 6.96. The molecule has 51 heavy (non-hydrogen) atoms. The summed E-state index contributed by atoms with van der Waals surface area (Å²) in [5.74, 6) is 1.95. The van der Waals surface area contributed by atoms with E-state index in [0.29, 0.717) is 17.5 Å². The number of fused-ring (bicyclic) bond motifs is 6. The number of hydrogen-bond acceptors (Lipinski definition) is 5. The Balaban J connectivity index is 1.12. The van der Waals surface area contributed by atoms with Crippen molar-refractivity contribution in [3.63, 3.8) is 0 Å². The predicted octanol–water partition coefficient (Wildman–Crippen LogP) is 12.3. The van der Waals surface area contributed by atoms with E-state index >= 15 is 0 Å². The van der Waals surface area contributed by atoms with Crippen molar-refractivity contribution in [3.05, 3.63) is 170 Å². The van der Waals surface area contributed by atoms with Crippen LogP contribution in [0, 0.1) is 0 Å². The van der Waals surface area contributed by atoms with Gasteiger partial charge < -0.3 is 0 Å². The summed E-state index contributed by atoms with van der Waals surface area (Å²) in [5, 5.41) is 6.03. The lowest BCUT2D eigenvalue weighted by atomic mass is 9.94. The molecule has 0 aliphatic carbocycles. The van der Waals surface area contributed by atoms with Crippen LogP contribution in [0.4, 0.5) is 0 Å². The molecule has 0 saturated carbocycles. The van der Waals surface area contributed by atoms with Crippen molar-refractivity contribution < 1.29 is 0 Å². The molecule has 0 unspecified atom stereocenters. The molecule has 10 aromatic rings. The van der Waals surface area contributed by atoms with E-state index in [-0.39, 0.29) is 0 Å². The third kappa shape index (κ3) is 5.23. The van der Waals surface area contributed by atoms with Gasteiger partial charge in [-0.05, 0) is 52.4 Å². The molecule has 7 aromatic carbocycles. The Morgan fingerprint density at radius 2 is 0.941 bits per heavy atom. The third-order valence-electron chi connectivity index (χ3n) is 9.55. The van der Waals surface area contributed by atoms with Gasteiger partial charge in [0.05, 0.1) is 5.52 Å². The molecule has 10 rings (SSSR count). The maximum atomic E-state index is 4.96. The smallest absolute Gasteiger partial charge is 0.164 e. The summed E-state index contributed by atoms with van der Waals surface area (Å²) in [6.45, 7) is 0. The second-order valence-corrected chi connectivity index (χ2v) is 13.7. The Morgan fingerprint density at radius 1 is 0.373 bits per heavy atom. The highest BCUT2D eigenvalue weighted by Crippen LogP contribution is 2.43. The molecule has 0 fully saturated rings. The Labute approximate surface area is 298 Å². The van der Waals surface area contributed by atoms with E-state index in [9.17, 15) is 0 Å². The quantitative estimate of drug-likeness (QED) is 0.171. The molecule has 3 aromatic heterocycles. The number of hydrogen-bond donors (Lipinski definition) is 0. The molecule has 0 spiro atoms. The minimum atomic E-state index is 0.645. The number of benzene rings is 7. The summed E-state index contributed by atoms with van der Waals surface area (Å²) < 4.78 is 2.56. The van der Waals surface area contributed by atoms with Gasteiger partial charge in [-0.3, -0.25) is 4.98 Å². The van der Waals surface area contributed by atoms with Crippen LogP contribution in [0.25, 0.3) is 98.3 Å². The van der Waals surface area contributed by atoms with Crippen molar-refractivity contribution in [3.8, 4) is 56.4 Å². The van der Waals surface area contributed by atoms with Gasteiger partial charge in [-0.15, -0.1) is 11.3 Å². The highest BCUT2D eigenvalue weighted by Gasteiger charge is 2.16. The number of thiophene rings is 1. The standard InChI is InChI=1S/C46H28N4S/c1-3-10-32(11-4-1)44-48-45(33-12-5-2-6-13-33)50-46(49-44)34-22-18-30(19-23-34)39-27-36(28-40-37-15-7-8-16-41(37)51-43(39)40)35-24-20-29-17-21-31-14-9-25-47-42(31)38(29)26-35/h1-28H. The first-order valence-corrected chi connectivity index (χ1v) is 17.8. The van der Waals surface area contributed by atoms with Crippen LogP contribution in [0.2, 0.25) is 0 Å². The average molecular weight is 669 g/mol. The van der Waals surface area contributed by atoms with Gasteiger partial charge in [0.2, 0.25) is 0 Å². The molecule has 0 atom stereocenters. The number of pyridine rings is 1. The van der Waals surface area contributed by atoms with Gasteiger partial charge in [0.15, 0.2) is 17.5 Å². The second kappa shape index (κ2) is 12.1. The van der Waals surface area contributed by atoms with Crippen LogP contribution < -0.4 is 0 Å². The third-order valence-corrected chi connectivity index (χ3v) is 10.8. The van der Waals surface area contributed by atoms with Gasteiger partial charge in [0.25, 0.3) is 0 Å². The van der Waals surface area contributed by atoms with Crippen molar-refractivity contribution in [2.75, 3.05) is 0 Å². The summed E-state index contributed by atoms with van der Waals surface area (Å²) in [7, 11) is 0. The van der Waals surface area contributed by atoms with Gasteiger partial charge in [-0.1, -0.05) is 133 Å². The molecule has 0 aliphatic heterocycles. The SMILES string of the molecule is c1ccc(-c2nc(-c3ccccc3)nc(-c3ccc(-c4cc(-c5ccc6ccc7cccnc7c6c5)cc5c4sc4ccccc45)cc3)n2)cc1. The van der Waals surface area contributed by atoms with Gasteiger partial charge in [0, 0.05) is 59.4 Å². The highest BCUT2D eigenvalue weighted by molar-refractivity contribution is 7.26. The number of rotatable bonds is 5. The van der Waals surface area contributed by atoms with E-state index in [2.05, 4.69) is 97.1 Å². The number of nitrogens with zero attached hydrogens (tertiary/aromatic N) is 4. The van der Waals surface area contributed by atoms with Crippen LogP contribution in [0.5, 0.6) is 0 Å². The Hall–Kier alpha value is -6.56. The molecule has 0 radical (unpaired) electrons. The first kappa shape index (κ1) is 29.4. The van der Waals surface area contributed by atoms with Crippen LogP contribution in [0.15, 0.2) is 170 Å². The molecular formula is C46H28N4S. The monoisotopic (exact) mass is 668 g/mol. The van der Waals surface area contributed by atoms with E-state index in [0.717, 1.165) is 38.5 Å². The zero-order valence-corrected chi connectivity index (χ0v) is 28.2. The Bertz CT molecular complexity index is 2840. The van der Waals surface area contributed by atoms with Gasteiger partial charge in [-0.2, -0.15) is 0 Å². The van der Waals surface area contributed by atoms with E-state index in [1.807, 2.05) is 84.3 Å². The minimum Gasteiger partial charge on any atom is -0.256 e. The summed E-state index contributed by atoms with van der Waals surface area (Å²) >= 11 is 1.85. The van der Waals surface area contributed by atoms with Crippen LogP contribution >= 0.6 is 11.3 Å². The van der Waals surface area contributed by atoms with Crippen LogP contribution in [0.1, 0.15) is 0 Å². The van der Waals surface area contributed by atoms with Crippen LogP contribution in [-0.2, 0) is 0 Å². The first-order valence-electron chi connectivity index (χ1n) is 17.0. The first-order chi connectivity index (χ1) is 25.2. The fourth-order valence-corrected chi connectivity index (χ4v) is 8.21. The lowest BCUT2D eigenvalue weighted by molar-refractivity contribution is 1.07. The van der Waals surface area contributed by atoms with Crippen molar-refractivity contribution in [1.29, 1.82) is 0 Å². The Morgan fingerprint density at radius 3 is 1.67 bits per heavy atom. The summed E-state index contributed by atoms with van der Waals surface area (Å²) in [6.07, 6.45) is 1.88. The van der Waals surface area contributed by atoms with Gasteiger partial charge in [0.1, 0.15) is 0 Å². The molecule has 3 heterocycles. The topological polar surface area (TPSA) is 51.6 Å². The van der Waals surface area contributed by atoms with Gasteiger partial charge in [-0.25, -0.2) is 15.0 Å². The molecule has 0 N–H and O–H groups in total. The molecule has 0 amide bonds. The fraction of sp³-hybridized carbons (Fsp3) is 0. The largest absolute Gasteiger partial charge is 0.256 e. The maximum Gasteiger partial charge on any atom is 0.164 e. The van der Waals surface area contributed by atoms with E-state index < -0.39 is 0 Å². The van der Waals surface area contributed by atoms with Crippen LogP contribution in [0.3, 0.4) is 0 Å².